The Kier molecular flexibility index (Phi) is 4.60. The number of hydrogen-bond donors (Lipinski definition) is 3. The van der Waals surface area contributed by atoms with Crippen LogP contribution in [0.4, 0.5) is 5.69 Å². The van der Waals surface area contributed by atoms with E-state index in [0.29, 0.717) is 11.6 Å². The van der Waals surface area contributed by atoms with Gasteiger partial charge in [0, 0.05) is 23.6 Å². The quantitative estimate of drug-likeness (QED) is 0.657. The lowest BCUT2D eigenvalue weighted by Gasteiger charge is -2.60. The molecule has 0 aromatic heterocycles. The molecule has 4 atom stereocenters. The second-order valence-corrected chi connectivity index (χ2v) is 10.1. The third-order valence-electron chi connectivity index (χ3n) is 8.19. The zero-order chi connectivity index (χ0) is 20.1. The maximum atomic E-state index is 13.3. The van der Waals surface area contributed by atoms with Crippen LogP contribution in [0.2, 0.25) is 0 Å². The van der Waals surface area contributed by atoms with Crippen LogP contribution in [0.3, 0.4) is 0 Å². The summed E-state index contributed by atoms with van der Waals surface area (Å²) in [5.74, 6) is 0.592. The summed E-state index contributed by atoms with van der Waals surface area (Å²) < 4.78 is 0. The maximum absolute atomic E-state index is 13.3. The molecular formula is C24H33N3O2. The third-order valence-corrected chi connectivity index (χ3v) is 8.19. The van der Waals surface area contributed by atoms with E-state index in [1.807, 2.05) is 24.3 Å². The van der Waals surface area contributed by atoms with E-state index in [2.05, 4.69) is 22.9 Å². The standard InChI is InChI=1S/C24H33N3O2/c1-23-13-12-16(14-19(23)22(29)25-17-8-4-2-3-5-9-17)24(15-23)26-20-11-7-6-10-18(20)21(28)27-24/h6-7,10-11,16-17,19,26H,2-5,8-9,12-15H2,1H3,(H,25,29)(H,27,28)/t16-,19+,23-,24-/m0/s1. The molecule has 4 aliphatic carbocycles. The molecule has 5 aliphatic rings. The second-order valence-electron chi connectivity index (χ2n) is 10.1. The smallest absolute Gasteiger partial charge is 0.255 e. The molecule has 0 radical (unpaired) electrons. The molecule has 1 aromatic rings. The summed E-state index contributed by atoms with van der Waals surface area (Å²) in [6.07, 6.45) is 11.1. The molecule has 4 saturated carbocycles. The van der Waals surface area contributed by atoms with Gasteiger partial charge in [0.1, 0.15) is 5.66 Å². The molecule has 2 bridgehead atoms. The van der Waals surface area contributed by atoms with Crippen LogP contribution >= 0.6 is 0 Å². The van der Waals surface area contributed by atoms with E-state index in [-0.39, 0.29) is 29.1 Å². The van der Waals surface area contributed by atoms with Gasteiger partial charge in [0.25, 0.3) is 5.91 Å². The highest BCUT2D eigenvalue weighted by Crippen LogP contribution is 2.58. The maximum Gasteiger partial charge on any atom is 0.255 e. The molecule has 1 heterocycles. The predicted octanol–water partition coefficient (Wildman–Crippen LogP) is 4.20. The van der Waals surface area contributed by atoms with Crippen molar-refractivity contribution in [2.75, 3.05) is 5.32 Å². The van der Waals surface area contributed by atoms with Crippen molar-refractivity contribution in [2.24, 2.45) is 17.3 Å². The van der Waals surface area contributed by atoms with E-state index in [1.54, 1.807) is 0 Å². The number of fused-ring (bicyclic) bond motifs is 3. The van der Waals surface area contributed by atoms with Crippen LogP contribution in [-0.4, -0.2) is 23.5 Å². The number of nitrogens with one attached hydrogen (secondary N) is 3. The van der Waals surface area contributed by atoms with E-state index >= 15 is 0 Å². The SMILES string of the molecule is C[C@@]12CC[C@@H](C[C@@H]1C(=O)NC1CCCCCC1)[C@]1(C2)NC(=O)c2ccccc2N1. The van der Waals surface area contributed by atoms with Gasteiger partial charge in [-0.3, -0.25) is 9.59 Å². The molecule has 1 spiro atoms. The Morgan fingerprint density at radius 3 is 2.59 bits per heavy atom. The summed E-state index contributed by atoms with van der Waals surface area (Å²) in [5.41, 5.74) is 1.13. The van der Waals surface area contributed by atoms with Crippen molar-refractivity contribution in [1.29, 1.82) is 0 Å². The average Bonchev–Trinajstić information content (AvgIpc) is 2.96. The molecule has 4 fully saturated rings. The van der Waals surface area contributed by atoms with Crippen molar-refractivity contribution < 1.29 is 9.59 Å². The molecule has 6 rings (SSSR count). The molecular weight excluding hydrogens is 362 g/mol. The lowest BCUT2D eigenvalue weighted by molar-refractivity contribution is -0.140. The van der Waals surface area contributed by atoms with Crippen molar-refractivity contribution in [2.45, 2.75) is 82.8 Å². The van der Waals surface area contributed by atoms with E-state index in [1.165, 1.54) is 25.7 Å². The first-order valence-electron chi connectivity index (χ1n) is 11.5. The number of rotatable bonds is 2. The topological polar surface area (TPSA) is 70.2 Å². The Hall–Kier alpha value is -2.04. The minimum atomic E-state index is -0.419. The Morgan fingerprint density at radius 1 is 1.07 bits per heavy atom. The minimum absolute atomic E-state index is 0.00922. The first-order valence-corrected chi connectivity index (χ1v) is 11.5. The van der Waals surface area contributed by atoms with Gasteiger partial charge in [-0.15, -0.1) is 0 Å². The zero-order valence-corrected chi connectivity index (χ0v) is 17.4. The van der Waals surface area contributed by atoms with Crippen molar-refractivity contribution in [3.63, 3.8) is 0 Å². The summed E-state index contributed by atoms with van der Waals surface area (Å²) in [6.45, 7) is 2.26. The molecule has 0 unspecified atom stereocenters. The number of anilines is 1. The van der Waals surface area contributed by atoms with E-state index in [4.69, 9.17) is 0 Å². The first kappa shape index (κ1) is 19.0. The van der Waals surface area contributed by atoms with E-state index in [0.717, 1.165) is 44.2 Å². The Morgan fingerprint density at radius 2 is 1.83 bits per heavy atom. The van der Waals surface area contributed by atoms with Gasteiger partial charge < -0.3 is 16.0 Å². The Balaban J connectivity index is 1.35. The number of carbonyl (C=O) groups is 2. The average molecular weight is 396 g/mol. The fourth-order valence-corrected chi connectivity index (χ4v) is 6.58. The van der Waals surface area contributed by atoms with Crippen LogP contribution in [0.1, 0.15) is 81.5 Å². The van der Waals surface area contributed by atoms with Gasteiger partial charge in [-0.05, 0) is 56.1 Å². The summed E-state index contributed by atoms with van der Waals surface area (Å²) >= 11 is 0. The molecule has 5 heteroatoms. The molecule has 2 amide bonds. The molecule has 1 aromatic carbocycles. The summed E-state index contributed by atoms with van der Waals surface area (Å²) in [5, 5.41) is 10.4. The zero-order valence-electron chi connectivity index (χ0n) is 17.4. The first-order chi connectivity index (χ1) is 14.0. The molecule has 0 saturated heterocycles. The normalized spacial score (nSPS) is 36.7. The monoisotopic (exact) mass is 395 g/mol. The van der Waals surface area contributed by atoms with Crippen molar-refractivity contribution in [1.82, 2.24) is 10.6 Å². The number of carbonyl (C=O) groups excluding carboxylic acids is 2. The second kappa shape index (κ2) is 7.03. The highest BCUT2D eigenvalue weighted by Gasteiger charge is 2.60. The largest absolute Gasteiger partial charge is 0.362 e. The number of para-hydroxylation sites is 1. The van der Waals surface area contributed by atoms with Crippen molar-refractivity contribution in [3.05, 3.63) is 29.8 Å². The Bertz CT molecular complexity index is 816. The van der Waals surface area contributed by atoms with Crippen LogP contribution < -0.4 is 16.0 Å². The van der Waals surface area contributed by atoms with Gasteiger partial charge in [0.15, 0.2) is 0 Å². The minimum Gasteiger partial charge on any atom is -0.362 e. The van der Waals surface area contributed by atoms with Crippen LogP contribution in [0.25, 0.3) is 0 Å². The highest BCUT2D eigenvalue weighted by atomic mass is 16.2. The van der Waals surface area contributed by atoms with Gasteiger partial charge in [0.05, 0.1) is 5.56 Å². The van der Waals surface area contributed by atoms with Crippen LogP contribution in [0, 0.1) is 17.3 Å². The fourth-order valence-electron chi connectivity index (χ4n) is 6.58. The van der Waals surface area contributed by atoms with Crippen LogP contribution in [0.15, 0.2) is 24.3 Å². The highest BCUT2D eigenvalue weighted by molar-refractivity contribution is 6.02. The van der Waals surface area contributed by atoms with Gasteiger partial charge in [-0.1, -0.05) is 44.7 Å². The molecule has 29 heavy (non-hydrogen) atoms. The summed E-state index contributed by atoms with van der Waals surface area (Å²) in [7, 11) is 0. The number of hydrogen-bond acceptors (Lipinski definition) is 3. The summed E-state index contributed by atoms with van der Waals surface area (Å²) in [4.78, 5) is 26.1. The number of benzene rings is 1. The van der Waals surface area contributed by atoms with Crippen LogP contribution in [0.5, 0.6) is 0 Å². The van der Waals surface area contributed by atoms with Gasteiger partial charge >= 0.3 is 0 Å². The third kappa shape index (κ3) is 3.23. The van der Waals surface area contributed by atoms with E-state index in [9.17, 15) is 9.59 Å². The molecule has 3 N–H and O–H groups in total. The van der Waals surface area contributed by atoms with Crippen molar-refractivity contribution in [3.8, 4) is 0 Å². The van der Waals surface area contributed by atoms with E-state index < -0.39 is 5.66 Å². The molecule has 156 valence electrons. The van der Waals surface area contributed by atoms with Crippen molar-refractivity contribution >= 4 is 17.5 Å². The predicted molar refractivity (Wildman–Crippen MR) is 113 cm³/mol. The molecule has 1 aliphatic heterocycles. The van der Waals surface area contributed by atoms with Gasteiger partial charge in [-0.2, -0.15) is 0 Å². The molecule has 5 nitrogen and oxygen atoms in total. The number of amides is 2. The Labute approximate surface area is 173 Å². The lowest BCUT2D eigenvalue weighted by atomic mass is 9.51. The lowest BCUT2D eigenvalue weighted by Crippen LogP contribution is -2.70. The fraction of sp³-hybridized carbons (Fsp3) is 0.667. The van der Waals surface area contributed by atoms with Crippen LogP contribution in [-0.2, 0) is 4.79 Å². The van der Waals surface area contributed by atoms with Gasteiger partial charge in [-0.25, -0.2) is 0 Å². The van der Waals surface area contributed by atoms with Gasteiger partial charge in [0.2, 0.25) is 5.91 Å². The summed E-state index contributed by atoms with van der Waals surface area (Å²) in [6, 6.07) is 8.10.